The lowest BCUT2D eigenvalue weighted by molar-refractivity contribution is 0.251. The van der Waals surface area contributed by atoms with Crippen LogP contribution in [-0.4, -0.2) is 18.1 Å². The van der Waals surface area contributed by atoms with E-state index < -0.39 is 0 Å². The van der Waals surface area contributed by atoms with Crippen LogP contribution in [-0.2, 0) is 19.4 Å². The predicted octanol–water partition coefficient (Wildman–Crippen LogP) is 4.59. The number of hydrogen-bond acceptors (Lipinski definition) is 3. The van der Waals surface area contributed by atoms with Crippen molar-refractivity contribution in [3.63, 3.8) is 0 Å². The van der Waals surface area contributed by atoms with Gasteiger partial charge in [-0.15, -0.1) is 0 Å². The minimum atomic E-state index is -0.223. The van der Waals surface area contributed by atoms with Gasteiger partial charge in [0.1, 0.15) is 5.75 Å². The molecule has 0 saturated heterocycles. The molecule has 2 N–H and O–H groups in total. The number of aromatic nitrogens is 1. The molecule has 0 fully saturated rings. The van der Waals surface area contributed by atoms with E-state index in [4.69, 9.17) is 4.74 Å². The van der Waals surface area contributed by atoms with Crippen molar-refractivity contribution in [2.75, 3.05) is 12.4 Å². The Bertz CT molecular complexity index is 863. The summed E-state index contributed by atoms with van der Waals surface area (Å²) in [4.78, 5) is 16.4. The molecule has 0 saturated carbocycles. The summed E-state index contributed by atoms with van der Waals surface area (Å²) in [6.45, 7) is 0.460. The molecule has 2 amide bonds. The van der Waals surface area contributed by atoms with Crippen molar-refractivity contribution in [3.05, 3.63) is 89.7 Å². The summed E-state index contributed by atoms with van der Waals surface area (Å²) < 4.78 is 5.13. The summed E-state index contributed by atoms with van der Waals surface area (Å²) in [6, 6.07) is 21.4. The number of nitrogens with one attached hydrogen (secondary N) is 2. The van der Waals surface area contributed by atoms with Gasteiger partial charge in [0.25, 0.3) is 0 Å². The quantitative estimate of drug-likeness (QED) is 0.605. The zero-order chi connectivity index (χ0) is 19.6. The first-order valence-corrected chi connectivity index (χ1v) is 9.39. The number of carbonyl (C=O) groups excluding carboxylic acids is 1. The average molecular weight is 375 g/mol. The first kappa shape index (κ1) is 19.4. The van der Waals surface area contributed by atoms with Crippen LogP contribution in [0.1, 0.15) is 23.2 Å². The van der Waals surface area contributed by atoms with E-state index in [9.17, 15) is 4.79 Å². The topological polar surface area (TPSA) is 63.2 Å². The fourth-order valence-corrected chi connectivity index (χ4v) is 2.88. The number of hydrogen-bond donors (Lipinski definition) is 2. The number of urea groups is 1. The molecule has 3 rings (SSSR count). The van der Waals surface area contributed by atoms with Gasteiger partial charge in [0.05, 0.1) is 7.11 Å². The van der Waals surface area contributed by atoms with Crippen LogP contribution in [0.3, 0.4) is 0 Å². The van der Waals surface area contributed by atoms with E-state index in [1.807, 2.05) is 54.7 Å². The lowest BCUT2D eigenvalue weighted by Gasteiger charge is -2.09. The van der Waals surface area contributed by atoms with Gasteiger partial charge in [-0.25, -0.2) is 4.79 Å². The van der Waals surface area contributed by atoms with Gasteiger partial charge in [0, 0.05) is 24.1 Å². The lowest BCUT2D eigenvalue weighted by atomic mass is 10.1. The monoisotopic (exact) mass is 375 g/mol. The highest BCUT2D eigenvalue weighted by Gasteiger charge is 2.03. The Kier molecular flexibility index (Phi) is 7.01. The fraction of sp³-hybridized carbons (Fsp3) is 0.217. The second-order valence-corrected chi connectivity index (χ2v) is 6.53. The Balaban J connectivity index is 1.40. The second kappa shape index (κ2) is 10.1. The third kappa shape index (κ3) is 6.13. The molecular formula is C23H25N3O2. The molecule has 1 aromatic heterocycles. The Labute approximate surface area is 165 Å². The minimum Gasteiger partial charge on any atom is -0.497 e. The van der Waals surface area contributed by atoms with E-state index in [-0.39, 0.29) is 6.03 Å². The third-order valence-corrected chi connectivity index (χ3v) is 4.45. The summed E-state index contributed by atoms with van der Waals surface area (Å²) in [5.41, 5.74) is 4.16. The molecule has 0 radical (unpaired) electrons. The third-order valence-electron chi connectivity index (χ3n) is 4.45. The van der Waals surface area contributed by atoms with Crippen molar-refractivity contribution >= 4 is 11.7 Å². The Morgan fingerprint density at radius 3 is 2.36 bits per heavy atom. The van der Waals surface area contributed by atoms with Crippen LogP contribution in [0.25, 0.3) is 0 Å². The highest BCUT2D eigenvalue weighted by atomic mass is 16.5. The summed E-state index contributed by atoms with van der Waals surface area (Å²) in [7, 11) is 1.63. The molecule has 3 aromatic rings. The maximum absolute atomic E-state index is 12.1. The highest BCUT2D eigenvalue weighted by molar-refractivity contribution is 5.89. The normalized spacial score (nSPS) is 10.3. The first-order chi connectivity index (χ1) is 13.7. The zero-order valence-electron chi connectivity index (χ0n) is 16.0. The standard InChI is InChI=1S/C23H25N3O2/c1-28-22-14-10-19(11-15-22)17-25-23(27)26-21-12-8-18(9-13-21)5-4-7-20-6-2-3-16-24-20/h2-3,6,8-16H,4-5,7,17H2,1H3,(H2,25,26,27). The molecule has 0 aliphatic carbocycles. The van der Waals surface area contributed by atoms with Crippen molar-refractivity contribution in [3.8, 4) is 5.75 Å². The molecule has 0 aliphatic heterocycles. The van der Waals surface area contributed by atoms with E-state index in [0.29, 0.717) is 6.54 Å². The molecule has 0 aliphatic rings. The molecule has 0 atom stereocenters. The molecule has 144 valence electrons. The lowest BCUT2D eigenvalue weighted by Crippen LogP contribution is -2.28. The van der Waals surface area contributed by atoms with Crippen molar-refractivity contribution in [2.45, 2.75) is 25.8 Å². The number of pyridine rings is 1. The molecule has 2 aromatic carbocycles. The molecular weight excluding hydrogens is 350 g/mol. The van der Waals surface area contributed by atoms with Crippen LogP contribution >= 0.6 is 0 Å². The van der Waals surface area contributed by atoms with Crippen LogP contribution in [0.4, 0.5) is 10.5 Å². The minimum absolute atomic E-state index is 0.223. The smallest absolute Gasteiger partial charge is 0.319 e. The van der Waals surface area contributed by atoms with Crippen molar-refractivity contribution in [1.29, 1.82) is 0 Å². The maximum Gasteiger partial charge on any atom is 0.319 e. The van der Waals surface area contributed by atoms with Gasteiger partial charge in [0.2, 0.25) is 0 Å². The number of methoxy groups -OCH3 is 1. The molecule has 5 heteroatoms. The van der Waals surface area contributed by atoms with Crippen LogP contribution in [0.5, 0.6) is 5.75 Å². The maximum atomic E-state index is 12.1. The largest absolute Gasteiger partial charge is 0.497 e. The Morgan fingerprint density at radius 2 is 1.68 bits per heavy atom. The summed E-state index contributed by atoms with van der Waals surface area (Å²) in [5, 5.41) is 5.71. The van der Waals surface area contributed by atoms with Gasteiger partial charge in [-0.05, 0) is 66.8 Å². The number of amides is 2. The molecule has 5 nitrogen and oxygen atoms in total. The van der Waals surface area contributed by atoms with E-state index in [1.165, 1.54) is 5.56 Å². The number of rotatable bonds is 8. The van der Waals surface area contributed by atoms with Crippen LogP contribution in [0.2, 0.25) is 0 Å². The second-order valence-electron chi connectivity index (χ2n) is 6.53. The number of aryl methyl sites for hydroxylation is 2. The van der Waals surface area contributed by atoms with Gasteiger partial charge >= 0.3 is 6.03 Å². The highest BCUT2D eigenvalue weighted by Crippen LogP contribution is 2.13. The van der Waals surface area contributed by atoms with Gasteiger partial charge in [-0.1, -0.05) is 30.3 Å². The van der Waals surface area contributed by atoms with Crippen LogP contribution in [0.15, 0.2) is 72.9 Å². The van der Waals surface area contributed by atoms with Crippen molar-refractivity contribution in [2.24, 2.45) is 0 Å². The number of nitrogens with zero attached hydrogens (tertiary/aromatic N) is 1. The summed E-state index contributed by atoms with van der Waals surface area (Å²) in [6.07, 6.45) is 4.83. The summed E-state index contributed by atoms with van der Waals surface area (Å²) >= 11 is 0. The van der Waals surface area contributed by atoms with E-state index in [2.05, 4.69) is 33.8 Å². The van der Waals surface area contributed by atoms with E-state index in [1.54, 1.807) is 7.11 Å². The molecule has 0 spiro atoms. The Hall–Kier alpha value is -3.34. The van der Waals surface area contributed by atoms with Crippen LogP contribution < -0.4 is 15.4 Å². The number of anilines is 1. The van der Waals surface area contributed by atoms with Gasteiger partial charge < -0.3 is 15.4 Å². The molecule has 28 heavy (non-hydrogen) atoms. The van der Waals surface area contributed by atoms with E-state index in [0.717, 1.165) is 42.0 Å². The zero-order valence-corrected chi connectivity index (χ0v) is 16.0. The predicted molar refractivity (Wildman–Crippen MR) is 112 cm³/mol. The van der Waals surface area contributed by atoms with Crippen molar-refractivity contribution < 1.29 is 9.53 Å². The summed E-state index contributed by atoms with van der Waals surface area (Å²) in [5.74, 6) is 0.799. The first-order valence-electron chi connectivity index (χ1n) is 9.39. The number of carbonyl (C=O) groups is 1. The van der Waals surface area contributed by atoms with E-state index >= 15 is 0 Å². The van der Waals surface area contributed by atoms with Gasteiger partial charge in [0.15, 0.2) is 0 Å². The fourth-order valence-electron chi connectivity index (χ4n) is 2.88. The Morgan fingerprint density at radius 1 is 0.929 bits per heavy atom. The molecule has 1 heterocycles. The number of ether oxygens (including phenoxy) is 1. The molecule has 0 bridgehead atoms. The van der Waals surface area contributed by atoms with Crippen LogP contribution in [0, 0.1) is 0 Å². The average Bonchev–Trinajstić information content (AvgIpc) is 2.75. The molecule has 0 unspecified atom stereocenters. The van der Waals surface area contributed by atoms with Gasteiger partial charge in [-0.2, -0.15) is 0 Å². The SMILES string of the molecule is COc1ccc(CNC(=O)Nc2ccc(CCCc3ccccn3)cc2)cc1. The number of benzene rings is 2. The van der Waals surface area contributed by atoms with Crippen molar-refractivity contribution in [1.82, 2.24) is 10.3 Å². The van der Waals surface area contributed by atoms with Gasteiger partial charge in [-0.3, -0.25) is 4.98 Å².